The zero-order valence-electron chi connectivity index (χ0n) is 14.0. The molecule has 0 aliphatic rings. The lowest BCUT2D eigenvalue weighted by Crippen LogP contribution is -2.15. The maximum absolute atomic E-state index is 12.0. The molecular weight excluding hydrogens is 314 g/mol. The van der Waals surface area contributed by atoms with E-state index in [1.165, 1.54) is 12.1 Å². The molecule has 0 saturated carbocycles. The predicted octanol–water partition coefficient (Wildman–Crippen LogP) is 3.12. The van der Waals surface area contributed by atoms with Crippen molar-refractivity contribution < 1.29 is 19.0 Å². The third kappa shape index (κ3) is 4.15. The first-order valence-corrected chi connectivity index (χ1v) is 7.44. The first-order valence-electron chi connectivity index (χ1n) is 7.44. The monoisotopic (exact) mass is 333 g/mol. The Labute approximate surface area is 139 Å². The van der Waals surface area contributed by atoms with E-state index in [-0.39, 0.29) is 23.4 Å². The van der Waals surface area contributed by atoms with Crippen LogP contribution in [0, 0.1) is 10.1 Å². The number of para-hydroxylation sites is 1. The zero-order chi connectivity index (χ0) is 17.9. The Balaban J connectivity index is 2.05. The molecule has 0 fully saturated rings. The topological polar surface area (TPSA) is 108 Å². The van der Waals surface area contributed by atoms with Crippen LogP contribution in [0.15, 0.2) is 28.8 Å². The Hall–Kier alpha value is -2.77. The van der Waals surface area contributed by atoms with Gasteiger partial charge in [0, 0.05) is 17.0 Å². The van der Waals surface area contributed by atoms with Crippen molar-refractivity contribution in [2.24, 2.45) is 0 Å². The maximum atomic E-state index is 12.0. The van der Waals surface area contributed by atoms with E-state index in [0.717, 1.165) is 0 Å². The first kappa shape index (κ1) is 17.6. The van der Waals surface area contributed by atoms with Gasteiger partial charge in [-0.1, -0.05) is 44.1 Å². The van der Waals surface area contributed by atoms with E-state index in [4.69, 9.17) is 9.26 Å². The van der Waals surface area contributed by atoms with Gasteiger partial charge in [-0.3, -0.25) is 14.9 Å². The third-order valence-electron chi connectivity index (χ3n) is 3.29. The lowest BCUT2D eigenvalue weighted by Gasteiger charge is -2.11. The Bertz CT molecular complexity index is 748. The van der Waals surface area contributed by atoms with Gasteiger partial charge in [-0.05, 0) is 6.92 Å². The summed E-state index contributed by atoms with van der Waals surface area (Å²) < 4.78 is 10.4. The number of carbonyl (C=O) groups excluding carboxylic acids is 1. The SMILES string of the molecule is CC(OC(=O)Cc1ccccc1[N+](=O)[O-])c1nc(C(C)(C)C)no1. The van der Waals surface area contributed by atoms with Crippen molar-refractivity contribution in [2.45, 2.75) is 45.6 Å². The summed E-state index contributed by atoms with van der Waals surface area (Å²) in [6, 6.07) is 6.04. The van der Waals surface area contributed by atoms with Gasteiger partial charge in [0.05, 0.1) is 11.3 Å². The van der Waals surface area contributed by atoms with Gasteiger partial charge in [0.2, 0.25) is 0 Å². The van der Waals surface area contributed by atoms with Crippen LogP contribution in [0.4, 0.5) is 5.69 Å². The molecule has 1 aromatic heterocycles. The molecule has 0 saturated heterocycles. The van der Waals surface area contributed by atoms with Crippen molar-refractivity contribution in [1.29, 1.82) is 0 Å². The number of carbonyl (C=O) groups is 1. The molecule has 8 heteroatoms. The van der Waals surface area contributed by atoms with Crippen molar-refractivity contribution >= 4 is 11.7 Å². The van der Waals surface area contributed by atoms with Crippen LogP contribution < -0.4 is 0 Å². The fourth-order valence-electron chi connectivity index (χ4n) is 1.99. The van der Waals surface area contributed by atoms with Gasteiger partial charge in [0.25, 0.3) is 11.6 Å². The average molecular weight is 333 g/mol. The molecule has 2 aromatic rings. The number of benzene rings is 1. The minimum atomic E-state index is -0.733. The van der Waals surface area contributed by atoms with E-state index < -0.39 is 17.0 Å². The molecule has 2 rings (SSSR count). The molecule has 1 unspecified atom stereocenters. The summed E-state index contributed by atoms with van der Waals surface area (Å²) in [6.45, 7) is 7.42. The number of esters is 1. The van der Waals surface area contributed by atoms with Crippen LogP contribution >= 0.6 is 0 Å². The van der Waals surface area contributed by atoms with Gasteiger partial charge >= 0.3 is 5.97 Å². The minimum Gasteiger partial charge on any atom is -0.452 e. The van der Waals surface area contributed by atoms with Crippen molar-refractivity contribution in [3.8, 4) is 0 Å². The Morgan fingerprint density at radius 1 is 1.38 bits per heavy atom. The summed E-state index contributed by atoms with van der Waals surface area (Å²) in [7, 11) is 0. The van der Waals surface area contributed by atoms with E-state index in [0.29, 0.717) is 11.4 Å². The summed E-state index contributed by atoms with van der Waals surface area (Å²) in [5.74, 6) is 0.0993. The molecule has 0 N–H and O–H groups in total. The lowest BCUT2D eigenvalue weighted by molar-refractivity contribution is -0.385. The lowest BCUT2D eigenvalue weighted by atomic mass is 9.96. The number of ether oxygens (including phenoxy) is 1. The van der Waals surface area contributed by atoms with Crippen LogP contribution in [-0.2, 0) is 21.4 Å². The van der Waals surface area contributed by atoms with Crippen molar-refractivity contribution in [1.82, 2.24) is 10.1 Å². The highest BCUT2D eigenvalue weighted by Gasteiger charge is 2.25. The van der Waals surface area contributed by atoms with Crippen molar-refractivity contribution in [3.05, 3.63) is 51.7 Å². The summed E-state index contributed by atoms with van der Waals surface area (Å²) in [4.78, 5) is 26.7. The molecule has 1 atom stereocenters. The number of hydrogen-bond acceptors (Lipinski definition) is 7. The molecule has 0 spiro atoms. The molecule has 0 bridgehead atoms. The summed E-state index contributed by atoms with van der Waals surface area (Å²) >= 11 is 0. The largest absolute Gasteiger partial charge is 0.452 e. The fraction of sp³-hybridized carbons (Fsp3) is 0.438. The number of rotatable bonds is 5. The Kier molecular flexibility index (Phi) is 4.96. The van der Waals surface area contributed by atoms with Gasteiger partial charge < -0.3 is 9.26 Å². The van der Waals surface area contributed by atoms with E-state index in [1.807, 2.05) is 20.8 Å². The fourth-order valence-corrected chi connectivity index (χ4v) is 1.99. The van der Waals surface area contributed by atoms with Crippen LogP contribution in [0.5, 0.6) is 0 Å². The maximum Gasteiger partial charge on any atom is 0.311 e. The average Bonchev–Trinajstić information content (AvgIpc) is 2.97. The molecule has 1 aromatic carbocycles. The highest BCUT2D eigenvalue weighted by Crippen LogP contribution is 2.23. The molecular formula is C16H19N3O5. The highest BCUT2D eigenvalue weighted by molar-refractivity contribution is 5.74. The molecule has 1 heterocycles. The standard InChI is InChI=1S/C16H19N3O5/c1-10(14-17-15(18-24-14)16(2,3)4)23-13(20)9-11-7-5-6-8-12(11)19(21)22/h5-8,10H,9H2,1-4H3. The van der Waals surface area contributed by atoms with Gasteiger partial charge in [-0.25, -0.2) is 0 Å². The number of nitro benzene ring substituents is 1. The Morgan fingerprint density at radius 2 is 2.04 bits per heavy atom. The van der Waals surface area contributed by atoms with E-state index in [1.54, 1.807) is 19.1 Å². The van der Waals surface area contributed by atoms with E-state index in [2.05, 4.69) is 10.1 Å². The molecule has 0 radical (unpaired) electrons. The summed E-state index contributed by atoms with van der Waals surface area (Å²) in [5.41, 5.74) is -0.105. The van der Waals surface area contributed by atoms with Crippen LogP contribution in [0.1, 0.15) is 51.1 Å². The zero-order valence-corrected chi connectivity index (χ0v) is 14.0. The quantitative estimate of drug-likeness (QED) is 0.470. The Morgan fingerprint density at radius 3 is 2.62 bits per heavy atom. The molecule has 0 amide bonds. The van der Waals surface area contributed by atoms with Gasteiger partial charge in [-0.2, -0.15) is 4.98 Å². The first-order chi connectivity index (χ1) is 11.2. The van der Waals surface area contributed by atoms with Crippen LogP contribution in [-0.4, -0.2) is 21.0 Å². The number of nitro groups is 1. The summed E-state index contributed by atoms with van der Waals surface area (Å²) in [5, 5.41) is 14.8. The second-order valence-electron chi connectivity index (χ2n) is 6.40. The van der Waals surface area contributed by atoms with E-state index in [9.17, 15) is 14.9 Å². The number of nitrogens with zero attached hydrogens (tertiary/aromatic N) is 3. The van der Waals surface area contributed by atoms with Crippen molar-refractivity contribution in [2.75, 3.05) is 0 Å². The van der Waals surface area contributed by atoms with Crippen LogP contribution in [0.3, 0.4) is 0 Å². The number of aromatic nitrogens is 2. The third-order valence-corrected chi connectivity index (χ3v) is 3.29. The highest BCUT2D eigenvalue weighted by atomic mass is 16.6. The minimum absolute atomic E-state index is 0.116. The molecule has 0 aliphatic carbocycles. The normalized spacial score (nSPS) is 12.7. The van der Waals surface area contributed by atoms with Gasteiger partial charge in [-0.15, -0.1) is 0 Å². The van der Waals surface area contributed by atoms with Crippen LogP contribution in [0.25, 0.3) is 0 Å². The second-order valence-corrected chi connectivity index (χ2v) is 6.40. The molecule has 128 valence electrons. The molecule has 24 heavy (non-hydrogen) atoms. The van der Waals surface area contributed by atoms with Gasteiger partial charge in [0.15, 0.2) is 11.9 Å². The molecule has 8 nitrogen and oxygen atoms in total. The smallest absolute Gasteiger partial charge is 0.311 e. The second kappa shape index (κ2) is 6.77. The predicted molar refractivity (Wildman–Crippen MR) is 84.3 cm³/mol. The van der Waals surface area contributed by atoms with E-state index >= 15 is 0 Å². The molecule has 0 aliphatic heterocycles. The van der Waals surface area contributed by atoms with Crippen LogP contribution in [0.2, 0.25) is 0 Å². The van der Waals surface area contributed by atoms with Gasteiger partial charge in [0.1, 0.15) is 0 Å². The summed E-state index contributed by atoms with van der Waals surface area (Å²) in [6.07, 6.45) is -0.939. The van der Waals surface area contributed by atoms with Crippen molar-refractivity contribution in [3.63, 3.8) is 0 Å². The number of hydrogen-bond donors (Lipinski definition) is 0.